The maximum atomic E-state index is 12.3. The minimum atomic E-state index is 0.152. The molecule has 150 valence electrons. The van der Waals surface area contributed by atoms with Crippen LogP contribution in [-0.2, 0) is 11.3 Å². The molecule has 2 aromatic carbocycles. The molecule has 1 aliphatic heterocycles. The van der Waals surface area contributed by atoms with Gasteiger partial charge in [-0.1, -0.05) is 66.7 Å². The summed E-state index contributed by atoms with van der Waals surface area (Å²) < 4.78 is 0. The van der Waals surface area contributed by atoms with E-state index in [4.69, 9.17) is 0 Å². The number of hydrogen-bond acceptors (Lipinski definition) is 2. The molecule has 5 heteroatoms. The predicted octanol–water partition coefficient (Wildman–Crippen LogP) is 0.937. The van der Waals surface area contributed by atoms with Gasteiger partial charge in [-0.15, -0.1) is 11.3 Å². The molecule has 4 nitrogen and oxygen atoms in total. The van der Waals surface area contributed by atoms with Crippen LogP contribution < -0.4 is 15.1 Å². The normalized spacial score (nSPS) is 19.2. The maximum Gasteiger partial charge on any atom is 0.275 e. The number of nitrogens with one attached hydrogen (secondary N) is 3. The third-order valence-electron chi connectivity index (χ3n) is 5.72. The summed E-state index contributed by atoms with van der Waals surface area (Å²) in [4.78, 5) is 16.5. The summed E-state index contributed by atoms with van der Waals surface area (Å²) in [5.41, 5.74) is 2.73. The second kappa shape index (κ2) is 9.83. The van der Waals surface area contributed by atoms with Gasteiger partial charge in [-0.3, -0.25) is 4.79 Å². The van der Waals surface area contributed by atoms with Gasteiger partial charge in [-0.2, -0.15) is 0 Å². The van der Waals surface area contributed by atoms with Gasteiger partial charge in [0.2, 0.25) is 0 Å². The Morgan fingerprint density at radius 1 is 0.862 bits per heavy atom. The van der Waals surface area contributed by atoms with E-state index < -0.39 is 0 Å². The van der Waals surface area contributed by atoms with Crippen molar-refractivity contribution in [3.63, 3.8) is 0 Å². The summed E-state index contributed by atoms with van der Waals surface area (Å²) in [6, 6.07) is 26.1. The average Bonchev–Trinajstić information content (AvgIpc) is 3.29. The fraction of sp³-hybridized carbons (Fsp3) is 0.292. The van der Waals surface area contributed by atoms with Crippen LogP contribution in [0.2, 0.25) is 0 Å². The number of hydrogen-bond donors (Lipinski definition) is 3. The van der Waals surface area contributed by atoms with E-state index in [1.807, 2.05) is 11.4 Å². The number of carbonyl (C=O) groups excluding carboxylic acids is 1. The molecule has 2 heterocycles. The van der Waals surface area contributed by atoms with Crippen molar-refractivity contribution in [2.45, 2.75) is 12.6 Å². The molecule has 0 atom stereocenters. The summed E-state index contributed by atoms with van der Waals surface area (Å²) in [5.74, 6) is 0.152. The van der Waals surface area contributed by atoms with Crippen LogP contribution in [0.3, 0.4) is 0 Å². The molecule has 4 rings (SSSR count). The van der Waals surface area contributed by atoms with Crippen molar-refractivity contribution < 1.29 is 14.6 Å². The van der Waals surface area contributed by atoms with Crippen LogP contribution in [0, 0.1) is 0 Å². The number of quaternary nitrogens is 2. The predicted molar refractivity (Wildman–Crippen MR) is 117 cm³/mol. The highest BCUT2D eigenvalue weighted by molar-refractivity contribution is 7.09. The molecular formula is C24H29N3OS+2. The fourth-order valence-electron chi connectivity index (χ4n) is 4.23. The number of benzene rings is 2. The largest absolute Gasteiger partial charge is 0.346 e. The van der Waals surface area contributed by atoms with Crippen LogP contribution in [0.1, 0.15) is 22.0 Å². The minimum absolute atomic E-state index is 0.152. The van der Waals surface area contributed by atoms with E-state index in [1.165, 1.54) is 20.9 Å². The first-order valence-electron chi connectivity index (χ1n) is 10.4. The number of amides is 1. The van der Waals surface area contributed by atoms with E-state index >= 15 is 0 Å². The molecule has 0 unspecified atom stereocenters. The van der Waals surface area contributed by atoms with Gasteiger partial charge in [-0.25, -0.2) is 0 Å². The number of rotatable bonds is 7. The van der Waals surface area contributed by atoms with Crippen molar-refractivity contribution in [3.05, 3.63) is 94.2 Å². The molecule has 0 bridgehead atoms. The molecule has 3 aromatic rings. The molecule has 1 aromatic heterocycles. The van der Waals surface area contributed by atoms with Gasteiger partial charge in [0.15, 0.2) is 6.54 Å². The van der Waals surface area contributed by atoms with E-state index in [-0.39, 0.29) is 5.91 Å². The third kappa shape index (κ3) is 5.32. The van der Waals surface area contributed by atoms with Crippen molar-refractivity contribution in [3.8, 4) is 0 Å². The van der Waals surface area contributed by atoms with Gasteiger partial charge in [0, 0.05) is 16.0 Å². The average molecular weight is 408 g/mol. The zero-order chi connectivity index (χ0) is 19.9. The number of thiophene rings is 1. The van der Waals surface area contributed by atoms with Gasteiger partial charge in [0.25, 0.3) is 5.91 Å². The Balaban J connectivity index is 1.35. The molecule has 1 aliphatic rings. The quantitative estimate of drug-likeness (QED) is 0.536. The highest BCUT2D eigenvalue weighted by Crippen LogP contribution is 2.18. The van der Waals surface area contributed by atoms with E-state index in [9.17, 15) is 4.79 Å². The Bertz CT molecular complexity index is 836. The first kappa shape index (κ1) is 19.8. The van der Waals surface area contributed by atoms with Crippen LogP contribution in [0.4, 0.5) is 0 Å². The SMILES string of the molecule is O=C(C[NH+]1CC[NH+](C(c2ccccc2)c2ccccc2)CC1)NCc1cccs1. The lowest BCUT2D eigenvalue weighted by molar-refractivity contribution is -1.02. The Kier molecular flexibility index (Phi) is 6.72. The van der Waals surface area contributed by atoms with E-state index in [1.54, 1.807) is 16.2 Å². The standard InChI is InChI=1S/C24H27N3OS/c28-23(25-18-22-12-7-17-29-22)19-26-13-15-27(16-14-26)24(20-8-3-1-4-9-20)21-10-5-2-6-11-21/h1-12,17,24H,13-16,18-19H2,(H,25,28)/p+2. The highest BCUT2D eigenvalue weighted by atomic mass is 32.1. The van der Waals surface area contributed by atoms with Crippen LogP contribution in [0.5, 0.6) is 0 Å². The summed E-state index contributed by atoms with van der Waals surface area (Å²) in [5, 5.41) is 5.11. The van der Waals surface area contributed by atoms with Crippen LogP contribution in [-0.4, -0.2) is 38.6 Å². The molecule has 0 saturated carbocycles. The lowest BCUT2D eigenvalue weighted by Crippen LogP contribution is -3.28. The van der Waals surface area contributed by atoms with Gasteiger partial charge < -0.3 is 15.1 Å². The summed E-state index contributed by atoms with van der Waals surface area (Å²) in [6.07, 6.45) is 0. The fourth-order valence-corrected chi connectivity index (χ4v) is 4.88. The zero-order valence-corrected chi connectivity index (χ0v) is 17.5. The van der Waals surface area contributed by atoms with Crippen LogP contribution >= 0.6 is 11.3 Å². The Hall–Kier alpha value is -2.47. The minimum Gasteiger partial charge on any atom is -0.346 e. The molecule has 29 heavy (non-hydrogen) atoms. The monoisotopic (exact) mass is 407 g/mol. The van der Waals surface area contributed by atoms with Gasteiger partial charge in [-0.05, 0) is 11.4 Å². The second-order valence-corrected chi connectivity index (χ2v) is 8.73. The van der Waals surface area contributed by atoms with Crippen molar-refractivity contribution in [1.29, 1.82) is 0 Å². The topological polar surface area (TPSA) is 38.0 Å². The van der Waals surface area contributed by atoms with Crippen molar-refractivity contribution >= 4 is 17.2 Å². The highest BCUT2D eigenvalue weighted by Gasteiger charge is 2.32. The summed E-state index contributed by atoms with van der Waals surface area (Å²) >= 11 is 1.69. The smallest absolute Gasteiger partial charge is 0.275 e. The molecule has 1 fully saturated rings. The Morgan fingerprint density at radius 3 is 2.03 bits per heavy atom. The third-order valence-corrected chi connectivity index (χ3v) is 6.60. The van der Waals surface area contributed by atoms with Crippen molar-refractivity contribution in [2.24, 2.45) is 0 Å². The summed E-state index contributed by atoms with van der Waals surface area (Å²) in [6.45, 7) is 5.41. The van der Waals surface area contributed by atoms with E-state index in [0.717, 1.165) is 26.2 Å². The lowest BCUT2D eigenvalue weighted by Gasteiger charge is -2.34. The van der Waals surface area contributed by atoms with E-state index in [0.29, 0.717) is 19.1 Å². The van der Waals surface area contributed by atoms with E-state index in [2.05, 4.69) is 72.0 Å². The summed E-state index contributed by atoms with van der Waals surface area (Å²) in [7, 11) is 0. The maximum absolute atomic E-state index is 12.3. The molecule has 0 radical (unpaired) electrons. The molecular weight excluding hydrogens is 378 g/mol. The van der Waals surface area contributed by atoms with Crippen molar-refractivity contribution in [1.82, 2.24) is 5.32 Å². The van der Waals surface area contributed by atoms with Crippen molar-refractivity contribution in [2.75, 3.05) is 32.7 Å². The Labute approximate surface area is 176 Å². The zero-order valence-electron chi connectivity index (χ0n) is 16.6. The Morgan fingerprint density at radius 2 is 1.48 bits per heavy atom. The molecule has 1 amide bonds. The molecule has 3 N–H and O–H groups in total. The first-order valence-corrected chi connectivity index (χ1v) is 11.2. The molecule has 1 saturated heterocycles. The van der Waals surface area contributed by atoms with Gasteiger partial charge in [0.05, 0.1) is 6.54 Å². The molecule has 0 spiro atoms. The van der Waals surface area contributed by atoms with Gasteiger partial charge >= 0.3 is 0 Å². The first-order chi connectivity index (χ1) is 14.3. The lowest BCUT2D eigenvalue weighted by atomic mass is 9.96. The molecule has 0 aliphatic carbocycles. The van der Waals surface area contributed by atoms with Crippen LogP contribution in [0.25, 0.3) is 0 Å². The second-order valence-electron chi connectivity index (χ2n) is 7.70. The number of carbonyl (C=O) groups is 1. The van der Waals surface area contributed by atoms with Gasteiger partial charge in [0.1, 0.15) is 32.2 Å². The van der Waals surface area contributed by atoms with Crippen LogP contribution in [0.15, 0.2) is 78.2 Å². The number of piperazine rings is 1.